The summed E-state index contributed by atoms with van der Waals surface area (Å²) in [6.07, 6.45) is -4.31. The van der Waals surface area contributed by atoms with Crippen LogP contribution in [0.15, 0.2) is 30.3 Å². The first-order valence-electron chi connectivity index (χ1n) is 6.75. The molecule has 1 fully saturated rings. The van der Waals surface area contributed by atoms with Crippen LogP contribution in [0.3, 0.4) is 0 Å². The van der Waals surface area contributed by atoms with E-state index in [1.54, 1.807) is 35.6 Å². The molecule has 1 aromatic rings. The van der Waals surface area contributed by atoms with Crippen molar-refractivity contribution in [2.75, 3.05) is 13.1 Å². The van der Waals surface area contributed by atoms with E-state index in [4.69, 9.17) is 0 Å². The lowest BCUT2D eigenvalue weighted by Crippen LogP contribution is -2.43. The summed E-state index contributed by atoms with van der Waals surface area (Å²) < 4.78 is 36.0. The highest BCUT2D eigenvalue weighted by Gasteiger charge is 2.39. The first-order valence-corrected chi connectivity index (χ1v) is 6.75. The number of imide groups is 1. The zero-order valence-electron chi connectivity index (χ0n) is 11.9. The highest BCUT2D eigenvalue weighted by atomic mass is 19.4. The maximum atomic E-state index is 12.1. The van der Waals surface area contributed by atoms with Crippen molar-refractivity contribution in [1.82, 2.24) is 15.5 Å². The van der Waals surface area contributed by atoms with Gasteiger partial charge in [0.2, 0.25) is 5.91 Å². The number of benzene rings is 1. The molecule has 0 unspecified atom stereocenters. The summed E-state index contributed by atoms with van der Waals surface area (Å²) >= 11 is 0. The lowest BCUT2D eigenvalue weighted by Gasteiger charge is -2.14. The van der Waals surface area contributed by atoms with Crippen LogP contribution < -0.4 is 10.6 Å². The van der Waals surface area contributed by atoms with Gasteiger partial charge in [0.15, 0.2) is 0 Å². The zero-order chi connectivity index (χ0) is 17.0. The molecule has 1 atom stereocenters. The monoisotopic (exact) mass is 329 g/mol. The number of carbonyl (C=O) groups excluding carboxylic acids is 3. The summed E-state index contributed by atoms with van der Waals surface area (Å²) in [6, 6.07) is 7.28. The second kappa shape index (κ2) is 6.67. The number of alkyl halides is 3. The molecule has 1 saturated heterocycles. The van der Waals surface area contributed by atoms with Gasteiger partial charge < -0.3 is 10.6 Å². The fourth-order valence-corrected chi connectivity index (χ4v) is 2.11. The summed E-state index contributed by atoms with van der Waals surface area (Å²) in [5, 5.41) is 4.03. The molecule has 1 aromatic carbocycles. The van der Waals surface area contributed by atoms with Crippen molar-refractivity contribution in [3.63, 3.8) is 0 Å². The number of nitrogens with one attached hydrogen (secondary N) is 2. The molecule has 0 radical (unpaired) electrons. The van der Waals surface area contributed by atoms with Gasteiger partial charge >= 0.3 is 12.2 Å². The summed E-state index contributed by atoms with van der Waals surface area (Å²) in [4.78, 5) is 35.8. The average Bonchev–Trinajstić information content (AvgIpc) is 2.73. The van der Waals surface area contributed by atoms with Gasteiger partial charge in [-0.25, -0.2) is 4.79 Å². The SMILES string of the molecule is O=C(CN1C(=O)N[C@H](Cc2ccccc2)C1=O)NCC(F)(F)F. The Hall–Kier alpha value is -2.58. The van der Waals surface area contributed by atoms with E-state index < -0.39 is 43.2 Å². The lowest BCUT2D eigenvalue weighted by molar-refractivity contribution is -0.140. The van der Waals surface area contributed by atoms with Crippen LogP contribution in [0.5, 0.6) is 0 Å². The van der Waals surface area contributed by atoms with Gasteiger partial charge in [0.25, 0.3) is 5.91 Å². The molecule has 1 heterocycles. The molecule has 4 amide bonds. The number of amides is 4. The van der Waals surface area contributed by atoms with Gasteiger partial charge in [-0.1, -0.05) is 30.3 Å². The number of rotatable bonds is 5. The first kappa shape index (κ1) is 16.8. The molecule has 0 aliphatic carbocycles. The lowest BCUT2D eigenvalue weighted by atomic mass is 10.1. The van der Waals surface area contributed by atoms with Crippen molar-refractivity contribution in [1.29, 1.82) is 0 Å². The highest BCUT2D eigenvalue weighted by molar-refractivity contribution is 6.06. The molecule has 1 aliphatic rings. The molecular weight excluding hydrogens is 315 g/mol. The van der Waals surface area contributed by atoms with Crippen LogP contribution in [0.4, 0.5) is 18.0 Å². The Morgan fingerprint density at radius 1 is 1.22 bits per heavy atom. The third kappa shape index (κ3) is 4.70. The predicted molar refractivity (Wildman–Crippen MR) is 73.2 cm³/mol. The van der Waals surface area contributed by atoms with Crippen molar-refractivity contribution < 1.29 is 27.6 Å². The molecule has 0 saturated carbocycles. The van der Waals surface area contributed by atoms with Gasteiger partial charge in [-0.2, -0.15) is 13.2 Å². The number of nitrogens with zero attached hydrogens (tertiary/aromatic N) is 1. The van der Waals surface area contributed by atoms with E-state index in [9.17, 15) is 27.6 Å². The molecule has 0 spiro atoms. The molecular formula is C14H14F3N3O3. The Labute approximate surface area is 129 Å². The first-order chi connectivity index (χ1) is 10.8. The van der Waals surface area contributed by atoms with Crippen LogP contribution in [0.2, 0.25) is 0 Å². The molecule has 1 aliphatic heterocycles. The van der Waals surface area contributed by atoms with Crippen LogP contribution in [-0.2, 0) is 16.0 Å². The van der Waals surface area contributed by atoms with Crippen molar-refractivity contribution >= 4 is 17.8 Å². The maximum Gasteiger partial charge on any atom is 0.405 e. The predicted octanol–water partition coefficient (Wildman–Crippen LogP) is 0.828. The number of halogens is 3. The second-order valence-corrected chi connectivity index (χ2v) is 5.01. The maximum absolute atomic E-state index is 12.1. The normalized spacial score (nSPS) is 18.0. The van der Waals surface area contributed by atoms with Crippen molar-refractivity contribution in [2.24, 2.45) is 0 Å². The van der Waals surface area contributed by atoms with Gasteiger partial charge in [-0.05, 0) is 5.56 Å². The molecule has 0 aromatic heterocycles. The number of carbonyl (C=O) groups is 3. The third-order valence-electron chi connectivity index (χ3n) is 3.18. The van der Waals surface area contributed by atoms with Crippen molar-refractivity contribution in [2.45, 2.75) is 18.6 Å². The number of hydrogen-bond acceptors (Lipinski definition) is 3. The summed E-state index contributed by atoms with van der Waals surface area (Å²) in [5.41, 5.74) is 0.814. The van der Waals surface area contributed by atoms with E-state index >= 15 is 0 Å². The van der Waals surface area contributed by atoms with E-state index in [1.807, 2.05) is 0 Å². The van der Waals surface area contributed by atoms with Crippen LogP contribution in [0.1, 0.15) is 5.56 Å². The average molecular weight is 329 g/mol. The van der Waals surface area contributed by atoms with E-state index in [-0.39, 0.29) is 6.42 Å². The second-order valence-electron chi connectivity index (χ2n) is 5.01. The Balaban J connectivity index is 1.92. The molecule has 6 nitrogen and oxygen atoms in total. The molecule has 23 heavy (non-hydrogen) atoms. The fraction of sp³-hybridized carbons (Fsp3) is 0.357. The molecule has 2 N–H and O–H groups in total. The highest BCUT2D eigenvalue weighted by Crippen LogP contribution is 2.13. The minimum atomic E-state index is -4.55. The summed E-state index contributed by atoms with van der Waals surface area (Å²) in [5.74, 6) is -1.69. The summed E-state index contributed by atoms with van der Waals surface area (Å²) in [7, 11) is 0. The van der Waals surface area contributed by atoms with Gasteiger partial charge in [0.1, 0.15) is 19.1 Å². The van der Waals surface area contributed by atoms with Gasteiger partial charge in [-0.15, -0.1) is 0 Å². The Morgan fingerprint density at radius 3 is 2.48 bits per heavy atom. The standard InChI is InChI=1S/C14H14F3N3O3/c15-14(16,17)8-18-11(21)7-20-12(22)10(19-13(20)23)6-9-4-2-1-3-5-9/h1-5,10H,6-8H2,(H,18,21)(H,19,23)/t10-/m1/s1. The number of hydrogen-bond donors (Lipinski definition) is 2. The minimum Gasteiger partial charge on any atom is -0.345 e. The summed E-state index contributed by atoms with van der Waals surface area (Å²) in [6.45, 7) is -2.25. The zero-order valence-corrected chi connectivity index (χ0v) is 11.9. The van der Waals surface area contributed by atoms with Crippen LogP contribution >= 0.6 is 0 Å². The quantitative estimate of drug-likeness (QED) is 0.786. The Morgan fingerprint density at radius 2 is 1.87 bits per heavy atom. The molecule has 2 rings (SSSR count). The van der Waals surface area contributed by atoms with E-state index in [1.165, 1.54) is 0 Å². The van der Waals surface area contributed by atoms with E-state index in [0.29, 0.717) is 4.90 Å². The van der Waals surface area contributed by atoms with Gasteiger partial charge in [0.05, 0.1) is 0 Å². The topological polar surface area (TPSA) is 78.5 Å². The minimum absolute atomic E-state index is 0.242. The smallest absolute Gasteiger partial charge is 0.345 e. The van der Waals surface area contributed by atoms with Crippen LogP contribution in [-0.4, -0.2) is 48.1 Å². The molecule has 124 valence electrons. The Bertz CT molecular complexity index is 604. The fourth-order valence-electron chi connectivity index (χ4n) is 2.11. The Kier molecular flexibility index (Phi) is 4.87. The number of urea groups is 1. The van der Waals surface area contributed by atoms with E-state index in [0.717, 1.165) is 5.56 Å². The molecule has 9 heteroatoms. The van der Waals surface area contributed by atoms with Crippen molar-refractivity contribution in [3.05, 3.63) is 35.9 Å². The van der Waals surface area contributed by atoms with Gasteiger partial charge in [0, 0.05) is 6.42 Å². The van der Waals surface area contributed by atoms with Gasteiger partial charge in [-0.3, -0.25) is 14.5 Å². The van der Waals surface area contributed by atoms with Crippen LogP contribution in [0, 0.1) is 0 Å². The van der Waals surface area contributed by atoms with E-state index in [2.05, 4.69) is 5.32 Å². The largest absolute Gasteiger partial charge is 0.405 e. The third-order valence-corrected chi connectivity index (χ3v) is 3.18. The molecule has 0 bridgehead atoms. The van der Waals surface area contributed by atoms with Crippen molar-refractivity contribution in [3.8, 4) is 0 Å². The van der Waals surface area contributed by atoms with Crippen LogP contribution in [0.25, 0.3) is 0 Å².